The molecule has 0 aromatic heterocycles. The van der Waals surface area contributed by atoms with Gasteiger partial charge in [0.15, 0.2) is 6.61 Å². The minimum absolute atomic E-state index is 0.128. The van der Waals surface area contributed by atoms with Gasteiger partial charge < -0.3 is 4.74 Å². The largest absolute Gasteiger partial charge is 0.457 e. The van der Waals surface area contributed by atoms with E-state index in [0.717, 1.165) is 23.7 Å². The Labute approximate surface area is 144 Å². The second-order valence-electron chi connectivity index (χ2n) is 7.68. The van der Waals surface area contributed by atoms with Crippen molar-refractivity contribution in [3.8, 4) is 0 Å². The van der Waals surface area contributed by atoms with E-state index in [9.17, 15) is 9.59 Å². The van der Waals surface area contributed by atoms with E-state index in [1.807, 2.05) is 18.2 Å². The summed E-state index contributed by atoms with van der Waals surface area (Å²) >= 11 is 3.37. The van der Waals surface area contributed by atoms with Crippen molar-refractivity contribution in [2.45, 2.75) is 38.5 Å². The maximum Gasteiger partial charge on any atom is 0.312 e. The zero-order valence-electron chi connectivity index (χ0n) is 13.1. The molecule has 0 radical (unpaired) electrons. The van der Waals surface area contributed by atoms with Crippen molar-refractivity contribution in [2.75, 3.05) is 6.61 Å². The van der Waals surface area contributed by atoms with Crippen LogP contribution in [0.4, 0.5) is 0 Å². The summed E-state index contributed by atoms with van der Waals surface area (Å²) in [5.74, 6) is 1.83. The van der Waals surface area contributed by atoms with E-state index in [0.29, 0.717) is 23.3 Å². The van der Waals surface area contributed by atoms with Crippen molar-refractivity contribution in [2.24, 2.45) is 23.2 Å². The van der Waals surface area contributed by atoms with Gasteiger partial charge in [-0.05, 0) is 62.3 Å². The molecular formula is C19H21BrO3. The minimum Gasteiger partial charge on any atom is -0.457 e. The van der Waals surface area contributed by atoms with Crippen molar-refractivity contribution < 1.29 is 14.3 Å². The molecule has 4 bridgehead atoms. The third-order valence-corrected chi connectivity index (χ3v) is 6.67. The number of ketones is 1. The first kappa shape index (κ1) is 15.4. The molecule has 5 rings (SSSR count). The molecular weight excluding hydrogens is 356 g/mol. The Morgan fingerprint density at radius 2 is 1.61 bits per heavy atom. The van der Waals surface area contributed by atoms with Crippen LogP contribution in [0.3, 0.4) is 0 Å². The molecule has 0 N–H and O–H groups in total. The van der Waals surface area contributed by atoms with Gasteiger partial charge in [0.1, 0.15) is 0 Å². The number of halogens is 1. The lowest BCUT2D eigenvalue weighted by molar-refractivity contribution is -0.170. The monoisotopic (exact) mass is 376 g/mol. The maximum absolute atomic E-state index is 12.7. The number of benzene rings is 1. The van der Waals surface area contributed by atoms with Gasteiger partial charge in [0.25, 0.3) is 0 Å². The molecule has 0 heterocycles. The Morgan fingerprint density at radius 1 is 1.04 bits per heavy atom. The second kappa shape index (κ2) is 5.73. The highest BCUT2D eigenvalue weighted by molar-refractivity contribution is 9.10. The van der Waals surface area contributed by atoms with Gasteiger partial charge in [-0.1, -0.05) is 34.1 Å². The number of carbonyl (C=O) groups is 2. The molecule has 0 unspecified atom stereocenters. The average Bonchev–Trinajstić information content (AvgIpc) is 2.51. The molecule has 4 heteroatoms. The van der Waals surface area contributed by atoms with Gasteiger partial charge >= 0.3 is 5.97 Å². The maximum atomic E-state index is 12.7. The zero-order valence-corrected chi connectivity index (χ0v) is 14.7. The van der Waals surface area contributed by atoms with Crippen LogP contribution >= 0.6 is 15.9 Å². The Kier molecular flexibility index (Phi) is 3.83. The van der Waals surface area contributed by atoms with E-state index in [4.69, 9.17) is 4.74 Å². The second-order valence-corrected chi connectivity index (χ2v) is 8.53. The first-order chi connectivity index (χ1) is 11.1. The molecule has 4 saturated carbocycles. The molecule has 23 heavy (non-hydrogen) atoms. The highest BCUT2D eigenvalue weighted by Crippen LogP contribution is 2.60. The first-order valence-electron chi connectivity index (χ1n) is 8.51. The van der Waals surface area contributed by atoms with Crippen molar-refractivity contribution in [3.05, 3.63) is 34.3 Å². The molecule has 4 aliphatic rings. The fraction of sp³-hybridized carbons (Fsp3) is 0.579. The van der Waals surface area contributed by atoms with Gasteiger partial charge in [0.2, 0.25) is 5.78 Å². The van der Waals surface area contributed by atoms with Crippen LogP contribution in [-0.4, -0.2) is 18.4 Å². The predicted molar refractivity (Wildman–Crippen MR) is 90.0 cm³/mol. The summed E-state index contributed by atoms with van der Waals surface area (Å²) in [5, 5.41) is 0. The number of hydrogen-bond acceptors (Lipinski definition) is 3. The summed E-state index contributed by atoms with van der Waals surface area (Å²) in [7, 11) is 0. The molecule has 4 fully saturated rings. The first-order valence-corrected chi connectivity index (χ1v) is 9.30. The van der Waals surface area contributed by atoms with Gasteiger partial charge in [-0.3, -0.25) is 9.59 Å². The molecule has 3 nitrogen and oxygen atoms in total. The van der Waals surface area contributed by atoms with Crippen LogP contribution in [0.25, 0.3) is 0 Å². The molecule has 0 amide bonds. The summed E-state index contributed by atoms with van der Waals surface area (Å²) < 4.78 is 6.23. The number of esters is 1. The smallest absolute Gasteiger partial charge is 0.312 e. The number of hydrogen-bond donors (Lipinski definition) is 0. The van der Waals surface area contributed by atoms with Gasteiger partial charge in [-0.2, -0.15) is 0 Å². The zero-order chi connectivity index (χ0) is 16.0. The van der Waals surface area contributed by atoms with Crippen LogP contribution in [0.1, 0.15) is 48.9 Å². The van der Waals surface area contributed by atoms with Gasteiger partial charge in [-0.25, -0.2) is 0 Å². The topological polar surface area (TPSA) is 43.4 Å². The molecule has 1 aromatic carbocycles. The fourth-order valence-corrected chi connectivity index (χ4v) is 5.92. The van der Waals surface area contributed by atoms with Crippen LogP contribution in [-0.2, 0) is 9.53 Å². The van der Waals surface area contributed by atoms with Crippen LogP contribution in [0.2, 0.25) is 0 Å². The lowest BCUT2D eigenvalue weighted by atomic mass is 9.49. The van der Waals surface area contributed by atoms with Crippen molar-refractivity contribution in [1.82, 2.24) is 0 Å². The van der Waals surface area contributed by atoms with E-state index < -0.39 is 0 Å². The van der Waals surface area contributed by atoms with Crippen molar-refractivity contribution >= 4 is 27.7 Å². The van der Waals surface area contributed by atoms with Gasteiger partial charge in [0.05, 0.1) is 5.41 Å². The normalized spacial score (nSPS) is 34.4. The lowest BCUT2D eigenvalue weighted by Gasteiger charge is -2.55. The van der Waals surface area contributed by atoms with Crippen molar-refractivity contribution in [3.63, 3.8) is 0 Å². The minimum atomic E-state index is -0.289. The van der Waals surface area contributed by atoms with Crippen LogP contribution in [0.15, 0.2) is 28.7 Å². The summed E-state index contributed by atoms with van der Waals surface area (Å²) in [6, 6.07) is 7.26. The quantitative estimate of drug-likeness (QED) is 0.577. The Morgan fingerprint density at radius 3 is 2.17 bits per heavy atom. The van der Waals surface area contributed by atoms with Crippen LogP contribution < -0.4 is 0 Å². The van der Waals surface area contributed by atoms with E-state index >= 15 is 0 Å². The standard InChI is InChI=1S/C19H21BrO3/c20-16-4-2-1-3-15(16)17(21)11-23-18(22)19-8-12-5-13(9-19)7-14(6-12)10-19/h1-4,12-14H,5-11H2. The third-order valence-electron chi connectivity index (χ3n) is 5.98. The van der Waals surface area contributed by atoms with Crippen LogP contribution in [0.5, 0.6) is 0 Å². The summed E-state index contributed by atoms with van der Waals surface area (Å²) in [4.78, 5) is 25.0. The lowest BCUT2D eigenvalue weighted by Crippen LogP contribution is -2.50. The molecule has 0 spiro atoms. The van der Waals surface area contributed by atoms with E-state index in [2.05, 4.69) is 15.9 Å². The number of carbonyl (C=O) groups excluding carboxylic acids is 2. The van der Waals surface area contributed by atoms with E-state index in [-0.39, 0.29) is 23.8 Å². The Bertz CT molecular complexity index is 616. The van der Waals surface area contributed by atoms with Crippen molar-refractivity contribution in [1.29, 1.82) is 0 Å². The van der Waals surface area contributed by atoms with E-state index in [1.54, 1.807) is 6.07 Å². The third kappa shape index (κ3) is 2.75. The SMILES string of the molecule is O=C(COC(=O)C12CC3CC(CC(C3)C1)C2)c1ccccc1Br. The number of Topliss-reactive ketones (excluding diaryl/α,β-unsaturated/α-hetero) is 1. The molecule has 4 aliphatic carbocycles. The summed E-state index contributed by atoms with van der Waals surface area (Å²) in [5.41, 5.74) is 0.286. The molecule has 122 valence electrons. The fourth-order valence-electron chi connectivity index (χ4n) is 5.41. The van der Waals surface area contributed by atoms with E-state index in [1.165, 1.54) is 19.3 Å². The Balaban J connectivity index is 1.43. The molecule has 1 aromatic rings. The highest BCUT2D eigenvalue weighted by atomic mass is 79.9. The number of ether oxygens (including phenoxy) is 1. The summed E-state index contributed by atoms with van der Waals surface area (Å²) in [6.45, 7) is -0.150. The molecule has 0 saturated heterocycles. The Hall–Kier alpha value is -1.16. The summed E-state index contributed by atoms with van der Waals surface area (Å²) in [6.07, 6.45) is 6.80. The molecule has 0 atom stereocenters. The van der Waals surface area contributed by atoms with Crippen LogP contribution in [0, 0.1) is 23.2 Å². The predicted octanol–water partition coefficient (Wildman–Crippen LogP) is 4.39. The van der Waals surface area contributed by atoms with Gasteiger partial charge in [-0.15, -0.1) is 0 Å². The average molecular weight is 377 g/mol. The van der Waals surface area contributed by atoms with Gasteiger partial charge in [0, 0.05) is 10.0 Å². The molecule has 0 aliphatic heterocycles. The highest BCUT2D eigenvalue weighted by Gasteiger charge is 2.55. The number of rotatable bonds is 4.